The minimum Gasteiger partial charge on any atom is -0.361 e. The maximum atomic E-state index is 3.33. The van der Waals surface area contributed by atoms with Crippen LogP contribution in [0.15, 0.2) is 30.5 Å². The van der Waals surface area contributed by atoms with Crippen molar-refractivity contribution in [2.45, 2.75) is 12.6 Å². The van der Waals surface area contributed by atoms with E-state index in [4.69, 9.17) is 0 Å². The minimum atomic E-state index is 0.702. The van der Waals surface area contributed by atoms with E-state index in [0.29, 0.717) is 6.04 Å². The number of nitrogens with one attached hydrogen (secondary N) is 2. The molecule has 3 heteroatoms. The third-order valence-electron chi connectivity index (χ3n) is 3.48. The van der Waals surface area contributed by atoms with Crippen molar-refractivity contribution in [2.24, 2.45) is 0 Å². The number of fused-ring (bicyclic) bond motifs is 1. The molecule has 1 aliphatic rings. The molecule has 0 amide bonds. The van der Waals surface area contributed by atoms with Gasteiger partial charge in [-0.3, -0.25) is 4.90 Å². The van der Waals surface area contributed by atoms with Crippen LogP contribution in [0.1, 0.15) is 5.56 Å². The molecule has 2 aromatic rings. The number of para-hydroxylation sites is 1. The van der Waals surface area contributed by atoms with Gasteiger partial charge in [-0.05, 0) is 18.7 Å². The maximum Gasteiger partial charge on any atom is 0.0457 e. The zero-order valence-corrected chi connectivity index (χ0v) is 9.53. The van der Waals surface area contributed by atoms with Gasteiger partial charge < -0.3 is 10.3 Å². The fraction of sp³-hybridized carbons (Fsp3) is 0.385. The normalized spacial score (nSPS) is 16.9. The van der Waals surface area contributed by atoms with E-state index >= 15 is 0 Å². The molecule has 2 heterocycles. The lowest BCUT2D eigenvalue weighted by Crippen LogP contribution is -2.55. The van der Waals surface area contributed by atoms with Gasteiger partial charge in [0.1, 0.15) is 0 Å². The Balaban J connectivity index is 1.83. The highest BCUT2D eigenvalue weighted by Crippen LogP contribution is 2.19. The fourth-order valence-corrected chi connectivity index (χ4v) is 2.25. The topological polar surface area (TPSA) is 31.1 Å². The summed E-state index contributed by atoms with van der Waals surface area (Å²) < 4.78 is 0. The van der Waals surface area contributed by atoms with E-state index in [0.717, 1.165) is 19.6 Å². The lowest BCUT2D eigenvalue weighted by atomic mass is 10.1. The molecule has 1 fully saturated rings. The second-order valence-electron chi connectivity index (χ2n) is 4.59. The molecule has 1 aromatic heterocycles. The summed E-state index contributed by atoms with van der Waals surface area (Å²) in [5, 5.41) is 4.66. The van der Waals surface area contributed by atoms with Crippen LogP contribution in [0.25, 0.3) is 10.9 Å². The van der Waals surface area contributed by atoms with Crippen molar-refractivity contribution in [2.75, 3.05) is 20.1 Å². The molecule has 1 saturated heterocycles. The quantitative estimate of drug-likeness (QED) is 0.814. The zero-order valence-electron chi connectivity index (χ0n) is 9.53. The number of hydrogen-bond donors (Lipinski definition) is 2. The van der Waals surface area contributed by atoms with Gasteiger partial charge in [0.15, 0.2) is 0 Å². The van der Waals surface area contributed by atoms with E-state index in [2.05, 4.69) is 52.7 Å². The Kier molecular flexibility index (Phi) is 2.42. The lowest BCUT2D eigenvalue weighted by Gasteiger charge is -2.35. The van der Waals surface area contributed by atoms with Crippen molar-refractivity contribution in [1.29, 1.82) is 0 Å². The molecule has 1 aromatic carbocycles. The Hall–Kier alpha value is -1.32. The predicted octanol–water partition coefficient (Wildman–Crippen LogP) is 1.57. The van der Waals surface area contributed by atoms with E-state index in [9.17, 15) is 0 Å². The molecule has 0 aliphatic carbocycles. The predicted molar refractivity (Wildman–Crippen MR) is 66.4 cm³/mol. The number of nitrogens with zero attached hydrogens (tertiary/aromatic N) is 1. The van der Waals surface area contributed by atoms with Crippen molar-refractivity contribution in [3.63, 3.8) is 0 Å². The number of H-pyrrole nitrogens is 1. The summed E-state index contributed by atoms with van der Waals surface area (Å²) in [7, 11) is 2.20. The molecule has 0 spiro atoms. The monoisotopic (exact) mass is 215 g/mol. The lowest BCUT2D eigenvalue weighted by molar-refractivity contribution is 0.173. The Morgan fingerprint density at radius 2 is 2.12 bits per heavy atom. The van der Waals surface area contributed by atoms with Crippen LogP contribution in [0.4, 0.5) is 0 Å². The number of aromatic nitrogens is 1. The standard InChI is InChI=1S/C13H17N3/c1-16(11-7-14-8-11)9-10-6-15-13-5-3-2-4-12(10)13/h2-6,11,14-15H,7-9H2,1H3. The molecule has 3 rings (SSSR count). The van der Waals surface area contributed by atoms with Crippen LogP contribution in [-0.4, -0.2) is 36.1 Å². The molecule has 0 bridgehead atoms. The fourth-order valence-electron chi connectivity index (χ4n) is 2.25. The number of benzene rings is 1. The highest BCUT2D eigenvalue weighted by atomic mass is 15.2. The molecule has 1 aliphatic heterocycles. The molecule has 2 N–H and O–H groups in total. The molecule has 0 saturated carbocycles. The largest absolute Gasteiger partial charge is 0.361 e. The van der Waals surface area contributed by atoms with Gasteiger partial charge in [-0.15, -0.1) is 0 Å². The highest BCUT2D eigenvalue weighted by Gasteiger charge is 2.21. The summed E-state index contributed by atoms with van der Waals surface area (Å²) in [5.74, 6) is 0. The van der Waals surface area contributed by atoms with Crippen LogP contribution >= 0.6 is 0 Å². The van der Waals surface area contributed by atoms with Crippen molar-refractivity contribution in [3.8, 4) is 0 Å². The Morgan fingerprint density at radius 3 is 2.88 bits per heavy atom. The van der Waals surface area contributed by atoms with E-state index in [1.165, 1.54) is 16.5 Å². The van der Waals surface area contributed by atoms with E-state index < -0.39 is 0 Å². The maximum absolute atomic E-state index is 3.33. The van der Waals surface area contributed by atoms with Gasteiger partial charge in [-0.2, -0.15) is 0 Å². The first-order valence-electron chi connectivity index (χ1n) is 5.80. The number of hydrogen-bond acceptors (Lipinski definition) is 2. The Bertz CT molecular complexity index is 485. The minimum absolute atomic E-state index is 0.702. The second-order valence-corrected chi connectivity index (χ2v) is 4.59. The number of aromatic amines is 1. The van der Waals surface area contributed by atoms with Crippen molar-refractivity contribution >= 4 is 10.9 Å². The van der Waals surface area contributed by atoms with Crippen LogP contribution in [-0.2, 0) is 6.54 Å². The average molecular weight is 215 g/mol. The van der Waals surface area contributed by atoms with Crippen LogP contribution in [0.5, 0.6) is 0 Å². The Morgan fingerprint density at radius 1 is 1.31 bits per heavy atom. The molecule has 0 radical (unpaired) electrons. The number of likely N-dealkylation sites (N-methyl/N-ethyl adjacent to an activating group) is 1. The van der Waals surface area contributed by atoms with Crippen molar-refractivity contribution in [1.82, 2.24) is 15.2 Å². The van der Waals surface area contributed by atoms with Gasteiger partial charge in [0, 0.05) is 42.8 Å². The van der Waals surface area contributed by atoms with E-state index in [1.54, 1.807) is 0 Å². The third kappa shape index (κ3) is 1.62. The summed E-state index contributed by atoms with van der Waals surface area (Å²) >= 11 is 0. The van der Waals surface area contributed by atoms with Crippen LogP contribution in [0.3, 0.4) is 0 Å². The van der Waals surface area contributed by atoms with Crippen molar-refractivity contribution < 1.29 is 0 Å². The molecular weight excluding hydrogens is 198 g/mol. The summed E-state index contributed by atoms with van der Waals surface area (Å²) in [5.41, 5.74) is 2.63. The Labute approximate surface area is 95.5 Å². The van der Waals surface area contributed by atoms with Crippen LogP contribution < -0.4 is 5.32 Å². The molecule has 16 heavy (non-hydrogen) atoms. The molecule has 3 nitrogen and oxygen atoms in total. The van der Waals surface area contributed by atoms with Gasteiger partial charge in [0.2, 0.25) is 0 Å². The average Bonchev–Trinajstić information content (AvgIpc) is 2.59. The summed E-state index contributed by atoms with van der Waals surface area (Å²) in [6.07, 6.45) is 2.13. The highest BCUT2D eigenvalue weighted by molar-refractivity contribution is 5.82. The smallest absolute Gasteiger partial charge is 0.0457 e. The zero-order chi connectivity index (χ0) is 11.0. The van der Waals surface area contributed by atoms with E-state index in [-0.39, 0.29) is 0 Å². The van der Waals surface area contributed by atoms with Crippen molar-refractivity contribution in [3.05, 3.63) is 36.0 Å². The van der Waals surface area contributed by atoms with Crippen LogP contribution in [0.2, 0.25) is 0 Å². The molecule has 84 valence electrons. The van der Waals surface area contributed by atoms with Gasteiger partial charge in [-0.25, -0.2) is 0 Å². The van der Waals surface area contributed by atoms with Gasteiger partial charge >= 0.3 is 0 Å². The molecule has 0 unspecified atom stereocenters. The number of rotatable bonds is 3. The van der Waals surface area contributed by atoms with Crippen LogP contribution in [0, 0.1) is 0 Å². The first-order chi connectivity index (χ1) is 7.84. The van der Waals surface area contributed by atoms with Gasteiger partial charge in [-0.1, -0.05) is 18.2 Å². The first kappa shape index (κ1) is 9.87. The summed E-state index contributed by atoms with van der Waals surface area (Å²) in [6.45, 7) is 3.27. The first-order valence-corrected chi connectivity index (χ1v) is 5.80. The molecule has 0 atom stereocenters. The third-order valence-corrected chi connectivity index (χ3v) is 3.48. The second kappa shape index (κ2) is 3.92. The van der Waals surface area contributed by atoms with E-state index in [1.807, 2.05) is 0 Å². The molecular formula is C13H17N3. The summed E-state index contributed by atoms with van der Waals surface area (Å²) in [6, 6.07) is 9.19. The SMILES string of the molecule is CN(Cc1c[nH]c2ccccc12)C1CNC1. The van der Waals surface area contributed by atoms with Gasteiger partial charge in [0.25, 0.3) is 0 Å². The van der Waals surface area contributed by atoms with Gasteiger partial charge in [0.05, 0.1) is 0 Å². The summed E-state index contributed by atoms with van der Waals surface area (Å²) in [4.78, 5) is 5.75.